The molecule has 0 aromatic carbocycles. The number of ketones is 1. The summed E-state index contributed by atoms with van der Waals surface area (Å²) in [6.45, 7) is 2.62. The van der Waals surface area contributed by atoms with Crippen LogP contribution in [-0.2, 0) is 55.5 Å². The van der Waals surface area contributed by atoms with Gasteiger partial charge in [-0.25, -0.2) is 28.6 Å². The van der Waals surface area contributed by atoms with Crippen LogP contribution in [0.3, 0.4) is 0 Å². The van der Waals surface area contributed by atoms with Gasteiger partial charge in [0.05, 0.1) is 26.0 Å². The second-order valence-electron chi connectivity index (χ2n) is 20.5. The first kappa shape index (κ1) is 69.5. The number of aliphatic hydroxyl groups excluding tert-OH is 2. The fourth-order valence-electron chi connectivity index (χ4n) is 8.70. The third-order valence-corrected chi connectivity index (χ3v) is 17.1. The van der Waals surface area contributed by atoms with Crippen LogP contribution in [0.1, 0.15) is 194 Å². The van der Waals surface area contributed by atoms with Crippen molar-refractivity contribution in [2.75, 3.05) is 37.8 Å². The van der Waals surface area contributed by atoms with Crippen LogP contribution in [0, 0.1) is 5.41 Å². The molecule has 1 fully saturated rings. The number of aromatic nitrogens is 4. The second kappa shape index (κ2) is 36.6. The molecule has 0 saturated carbocycles. The molecule has 1 aliphatic heterocycles. The Hall–Kier alpha value is -2.77. The van der Waals surface area contributed by atoms with E-state index in [2.05, 4.69) is 41.3 Å². The Morgan fingerprint density at radius 1 is 0.756 bits per heavy atom. The summed E-state index contributed by atoms with van der Waals surface area (Å²) in [6.07, 6.45) is 23.0. The topological polar surface area (TPSA) is 381 Å². The molecule has 0 aliphatic carbocycles. The van der Waals surface area contributed by atoms with Gasteiger partial charge in [-0.15, -0.1) is 0 Å². The fraction of sp³-hybridized carbons (Fsp3) is 0.816. The van der Waals surface area contributed by atoms with E-state index in [9.17, 15) is 62.7 Å². The fourth-order valence-corrected chi connectivity index (χ4v) is 12.2. The number of aliphatic hydroxyl groups is 2. The minimum absolute atomic E-state index is 0.0273. The molecule has 448 valence electrons. The van der Waals surface area contributed by atoms with Crippen LogP contribution in [0.4, 0.5) is 5.82 Å². The molecule has 29 heteroatoms. The Morgan fingerprint density at radius 3 is 1.82 bits per heavy atom. The van der Waals surface area contributed by atoms with Crippen LogP contribution in [0.2, 0.25) is 0 Å². The minimum atomic E-state index is -5.59. The number of fused-ring (bicyclic) bond motifs is 1. The van der Waals surface area contributed by atoms with E-state index < -0.39 is 84.6 Å². The molecule has 1 aliphatic rings. The van der Waals surface area contributed by atoms with Gasteiger partial charge in [0.1, 0.15) is 42.0 Å². The zero-order valence-corrected chi connectivity index (χ0v) is 49.2. The van der Waals surface area contributed by atoms with Crippen molar-refractivity contribution in [3.63, 3.8) is 0 Å². The van der Waals surface area contributed by atoms with Crippen LogP contribution < -0.4 is 16.4 Å². The van der Waals surface area contributed by atoms with Crippen LogP contribution in [0.5, 0.6) is 0 Å². The van der Waals surface area contributed by atoms with Crippen LogP contribution in [0.25, 0.3) is 11.2 Å². The third-order valence-electron chi connectivity index (χ3n) is 13.2. The van der Waals surface area contributed by atoms with Crippen molar-refractivity contribution in [3.8, 4) is 0 Å². The number of carbonyl (C=O) groups is 4. The second-order valence-corrected chi connectivity index (χ2v) is 25.9. The van der Waals surface area contributed by atoms with Crippen molar-refractivity contribution in [2.24, 2.45) is 5.41 Å². The predicted octanol–water partition coefficient (Wildman–Crippen LogP) is 8.01. The molecule has 10 N–H and O–H groups in total. The highest BCUT2D eigenvalue weighted by Gasteiger charge is 2.50. The molecule has 2 unspecified atom stereocenters. The number of carbonyl (C=O) groups excluding carboxylic acids is 4. The number of imidazole rings is 1. The average Bonchev–Trinajstić information content (AvgIpc) is 4.01. The lowest BCUT2D eigenvalue weighted by Gasteiger charge is -2.30. The van der Waals surface area contributed by atoms with Gasteiger partial charge in [0, 0.05) is 37.1 Å². The van der Waals surface area contributed by atoms with Crippen LogP contribution >= 0.6 is 35.2 Å². The molecule has 0 bridgehead atoms. The summed E-state index contributed by atoms with van der Waals surface area (Å²) in [6, 6.07) is 0. The molecule has 1 saturated heterocycles. The summed E-state index contributed by atoms with van der Waals surface area (Å²) in [5.74, 6) is -1.38. The molecule has 2 amide bonds. The van der Waals surface area contributed by atoms with Gasteiger partial charge in [0.2, 0.25) is 11.8 Å². The maximum Gasteiger partial charge on any atom is 0.481 e. The van der Waals surface area contributed by atoms with Crippen LogP contribution in [-0.4, -0.2) is 128 Å². The molecular formula is C49H88N7O18P3S. The number of nitrogens with zero attached hydrogens (tertiary/aromatic N) is 4. The number of unbranched alkanes of at least 4 members (excludes halogenated alkanes) is 22. The lowest BCUT2D eigenvalue weighted by molar-refractivity contribution is -0.137. The van der Waals surface area contributed by atoms with Crippen molar-refractivity contribution in [3.05, 3.63) is 12.7 Å². The van der Waals surface area contributed by atoms with Gasteiger partial charge >= 0.3 is 23.5 Å². The summed E-state index contributed by atoms with van der Waals surface area (Å²) < 4.78 is 62.5. The Balaban J connectivity index is 1.20. The van der Waals surface area contributed by atoms with Crippen LogP contribution in [0.15, 0.2) is 12.7 Å². The zero-order chi connectivity index (χ0) is 57.6. The van der Waals surface area contributed by atoms with E-state index in [1.54, 1.807) is 0 Å². The molecule has 25 nitrogen and oxygen atoms in total. The molecule has 2 aromatic heterocycles. The molecule has 7 atom stereocenters. The molecule has 3 heterocycles. The smallest absolute Gasteiger partial charge is 0.386 e. The number of Topliss-reactive ketones (excluding diaryl/α,β-unsaturated/α-hetero) is 1. The first-order chi connectivity index (χ1) is 36.9. The number of rotatable bonds is 45. The number of phosphoric ester groups is 3. The third kappa shape index (κ3) is 28.3. The Bertz CT molecular complexity index is 2260. The van der Waals surface area contributed by atoms with Gasteiger partial charge in [0.15, 0.2) is 22.8 Å². The van der Waals surface area contributed by atoms with Crippen molar-refractivity contribution in [1.82, 2.24) is 30.2 Å². The van der Waals surface area contributed by atoms with Gasteiger partial charge in [-0.1, -0.05) is 174 Å². The highest BCUT2D eigenvalue weighted by atomic mass is 32.2. The number of ether oxygens (including phenoxy) is 1. The summed E-state index contributed by atoms with van der Waals surface area (Å²) in [4.78, 5) is 101. The van der Waals surface area contributed by atoms with E-state index in [0.29, 0.717) is 6.42 Å². The number of hydrogen-bond acceptors (Lipinski definition) is 19. The molecule has 0 spiro atoms. The standard InChI is InChI=1S/C49H88N7O18P3S/c1-4-5-6-7-8-9-10-11-12-13-14-15-16-17-18-19-20-21-22-23-24-25-26-27-37(57)32-40(59)78-31-30-51-39(58)28-29-52-47(62)44(61)49(2,3)34-71-77(68,69)74-76(66,67)70-33-38-43(73-75(63,64)65)42(60)48(72-38)56-36-55-41-45(50)53-35-54-46(41)56/h35-36,38,42-44,48,60-61H,4-34H2,1-3H3,(H,51,58)(H,52,62)(H,66,67)(H,68,69)(H2,50,53,54)(H2,63,64,65)/t38-,42-,43-,44+,48-/m1/s1. The lowest BCUT2D eigenvalue weighted by atomic mass is 9.87. The van der Waals surface area contributed by atoms with Gasteiger partial charge in [-0.05, 0) is 6.42 Å². The molecule has 78 heavy (non-hydrogen) atoms. The molecule has 2 aromatic rings. The highest BCUT2D eigenvalue weighted by Crippen LogP contribution is 2.61. The van der Waals surface area contributed by atoms with E-state index in [4.69, 9.17) is 19.5 Å². The first-order valence-corrected chi connectivity index (χ1v) is 33.0. The zero-order valence-electron chi connectivity index (χ0n) is 45.7. The largest absolute Gasteiger partial charge is 0.481 e. The molecular weight excluding hydrogens is 1100 g/mol. The summed E-state index contributed by atoms with van der Waals surface area (Å²) in [7, 11) is -16.5. The van der Waals surface area contributed by atoms with Crippen molar-refractivity contribution in [2.45, 2.75) is 218 Å². The first-order valence-electron chi connectivity index (χ1n) is 27.5. The van der Waals surface area contributed by atoms with Gasteiger partial charge in [0.25, 0.3) is 0 Å². The predicted molar refractivity (Wildman–Crippen MR) is 293 cm³/mol. The normalized spacial score (nSPS) is 18.9. The Kier molecular flexibility index (Phi) is 32.6. The van der Waals surface area contributed by atoms with E-state index >= 15 is 0 Å². The van der Waals surface area contributed by atoms with Gasteiger partial charge in [-0.2, -0.15) is 4.31 Å². The van der Waals surface area contributed by atoms with Gasteiger partial charge in [-0.3, -0.25) is 37.3 Å². The number of anilines is 1. The number of phosphoric acid groups is 3. The van der Waals surface area contributed by atoms with Crippen molar-refractivity contribution >= 4 is 74.9 Å². The number of amides is 2. The van der Waals surface area contributed by atoms with E-state index in [0.717, 1.165) is 54.7 Å². The number of thioether (sulfide) groups is 1. The summed E-state index contributed by atoms with van der Waals surface area (Å²) in [5, 5.41) is 26.3. The molecule has 0 radical (unpaired) electrons. The monoisotopic (exact) mass is 1190 g/mol. The number of nitrogens with one attached hydrogen (secondary N) is 2. The van der Waals surface area contributed by atoms with E-state index in [1.165, 1.54) is 136 Å². The number of nitrogen functional groups attached to an aromatic ring is 1. The van der Waals surface area contributed by atoms with E-state index in [1.807, 2.05) is 0 Å². The SMILES string of the molecule is CCCCCCCCCCCCCCCCCCCCCCCCCC(=O)CC(=O)SCCNC(=O)CCNC(=O)[C@H](O)C(C)(C)COP(=O)(O)OP(=O)(O)OC[C@H]1O[C@@H](n2cnc3c(N)ncnc32)[C@H](O)[C@@H]1OP(=O)(O)O. The van der Waals surface area contributed by atoms with E-state index in [-0.39, 0.29) is 59.6 Å². The van der Waals surface area contributed by atoms with Gasteiger partial charge < -0.3 is 50.9 Å². The Labute approximate surface area is 462 Å². The summed E-state index contributed by atoms with van der Waals surface area (Å²) >= 11 is 0.946. The number of nitrogens with two attached hydrogens (primary N) is 1. The minimum Gasteiger partial charge on any atom is -0.386 e. The maximum absolute atomic E-state index is 12.8. The number of hydrogen-bond donors (Lipinski definition) is 9. The quantitative estimate of drug-likeness (QED) is 0.0172. The highest BCUT2D eigenvalue weighted by molar-refractivity contribution is 8.13. The average molecular weight is 1190 g/mol. The summed E-state index contributed by atoms with van der Waals surface area (Å²) in [5.41, 5.74) is 4.26. The Morgan fingerprint density at radius 2 is 1.28 bits per heavy atom. The van der Waals surface area contributed by atoms with Crippen molar-refractivity contribution < 1.29 is 85.3 Å². The molecule has 3 rings (SSSR count). The maximum atomic E-state index is 12.8. The lowest BCUT2D eigenvalue weighted by Crippen LogP contribution is -2.46. The van der Waals surface area contributed by atoms with Crippen molar-refractivity contribution in [1.29, 1.82) is 0 Å².